The van der Waals surface area contributed by atoms with Gasteiger partial charge in [-0.2, -0.15) is 0 Å². The molecule has 0 amide bonds. The quantitative estimate of drug-likeness (QED) is 0.866. The molecular formula is C14H20BrN. The maximum atomic E-state index is 3.53. The minimum Gasteiger partial charge on any atom is -0.316 e. The normalized spacial score (nSPS) is 30.3. The van der Waals surface area contributed by atoms with Gasteiger partial charge in [0.15, 0.2) is 0 Å². The van der Waals surface area contributed by atoms with Gasteiger partial charge in [-0.15, -0.1) is 0 Å². The monoisotopic (exact) mass is 281 g/mol. The van der Waals surface area contributed by atoms with Crippen molar-refractivity contribution in [1.82, 2.24) is 5.32 Å². The molecule has 1 aromatic carbocycles. The molecule has 2 atom stereocenters. The summed E-state index contributed by atoms with van der Waals surface area (Å²) in [5, 5.41) is 3.53. The first-order chi connectivity index (χ1) is 7.65. The number of hydrogen-bond acceptors (Lipinski definition) is 1. The Morgan fingerprint density at radius 1 is 1.38 bits per heavy atom. The lowest BCUT2D eigenvalue weighted by atomic mass is 9.68. The van der Waals surface area contributed by atoms with Crippen LogP contribution >= 0.6 is 15.9 Å². The van der Waals surface area contributed by atoms with E-state index in [0.29, 0.717) is 11.3 Å². The summed E-state index contributed by atoms with van der Waals surface area (Å²) in [6.45, 7) is 7.03. The molecule has 2 rings (SSSR count). The Morgan fingerprint density at radius 2 is 2.06 bits per heavy atom. The molecule has 0 radical (unpaired) electrons. The molecule has 0 spiro atoms. The van der Waals surface area contributed by atoms with Gasteiger partial charge in [0.05, 0.1) is 0 Å². The van der Waals surface area contributed by atoms with E-state index in [4.69, 9.17) is 0 Å². The van der Waals surface area contributed by atoms with E-state index in [1.165, 1.54) is 22.9 Å². The lowest BCUT2D eigenvalue weighted by Gasteiger charge is -2.41. The Hall–Kier alpha value is -0.340. The predicted molar refractivity (Wildman–Crippen MR) is 72.8 cm³/mol. The van der Waals surface area contributed by atoms with Gasteiger partial charge >= 0.3 is 0 Å². The van der Waals surface area contributed by atoms with Gasteiger partial charge in [-0.25, -0.2) is 0 Å². The smallest absolute Gasteiger partial charge is 0.0175 e. The minimum atomic E-state index is 0.457. The molecule has 88 valence electrons. The third kappa shape index (κ3) is 2.33. The van der Waals surface area contributed by atoms with Gasteiger partial charge < -0.3 is 5.32 Å². The summed E-state index contributed by atoms with van der Waals surface area (Å²) >= 11 is 3.50. The average Bonchev–Trinajstić information content (AvgIpc) is 2.31. The first kappa shape index (κ1) is 12.1. The van der Waals surface area contributed by atoms with Crippen LogP contribution in [0, 0.1) is 5.41 Å². The highest BCUT2D eigenvalue weighted by Gasteiger charge is 2.35. The molecule has 1 aliphatic heterocycles. The van der Waals surface area contributed by atoms with Crippen molar-refractivity contribution in [3.8, 4) is 0 Å². The average molecular weight is 282 g/mol. The highest BCUT2D eigenvalue weighted by Crippen LogP contribution is 2.43. The molecule has 1 fully saturated rings. The number of nitrogens with one attached hydrogen (secondary N) is 1. The molecule has 2 heteroatoms. The van der Waals surface area contributed by atoms with Crippen LogP contribution in [0.25, 0.3) is 0 Å². The van der Waals surface area contributed by atoms with Crippen molar-refractivity contribution < 1.29 is 0 Å². The molecule has 2 unspecified atom stereocenters. The molecule has 1 aromatic rings. The number of benzene rings is 1. The summed E-state index contributed by atoms with van der Waals surface area (Å²) in [5.74, 6) is 0.652. The van der Waals surface area contributed by atoms with Crippen molar-refractivity contribution >= 4 is 15.9 Å². The van der Waals surface area contributed by atoms with Crippen LogP contribution < -0.4 is 5.32 Å². The van der Waals surface area contributed by atoms with E-state index in [0.717, 1.165) is 13.1 Å². The predicted octanol–water partition coefficient (Wildman–Crippen LogP) is 3.94. The Kier molecular flexibility index (Phi) is 3.70. The first-order valence-electron chi connectivity index (χ1n) is 6.12. The molecule has 1 heterocycles. The first-order valence-corrected chi connectivity index (χ1v) is 6.91. The molecule has 16 heavy (non-hydrogen) atoms. The van der Waals surface area contributed by atoms with Crippen molar-refractivity contribution in [1.29, 1.82) is 0 Å². The van der Waals surface area contributed by atoms with Gasteiger partial charge in [0.25, 0.3) is 0 Å². The lowest BCUT2D eigenvalue weighted by molar-refractivity contribution is 0.180. The van der Waals surface area contributed by atoms with Crippen molar-refractivity contribution in [2.45, 2.75) is 32.6 Å². The lowest BCUT2D eigenvalue weighted by Crippen LogP contribution is -2.41. The minimum absolute atomic E-state index is 0.457. The summed E-state index contributed by atoms with van der Waals surface area (Å²) in [6.07, 6.45) is 2.54. The zero-order valence-corrected chi connectivity index (χ0v) is 11.7. The van der Waals surface area contributed by atoms with Crippen molar-refractivity contribution in [3.63, 3.8) is 0 Å². The van der Waals surface area contributed by atoms with E-state index in [1.807, 2.05) is 0 Å². The molecule has 1 aliphatic rings. The van der Waals surface area contributed by atoms with Crippen LogP contribution in [0.2, 0.25) is 0 Å². The van der Waals surface area contributed by atoms with Gasteiger partial charge in [0, 0.05) is 16.9 Å². The number of rotatable bonds is 2. The second kappa shape index (κ2) is 4.89. The van der Waals surface area contributed by atoms with Gasteiger partial charge in [-0.05, 0) is 36.1 Å². The summed E-state index contributed by atoms with van der Waals surface area (Å²) in [5.41, 5.74) is 1.93. The van der Waals surface area contributed by atoms with Gasteiger partial charge in [0.1, 0.15) is 0 Å². The summed E-state index contributed by atoms with van der Waals surface area (Å²) in [7, 11) is 0. The molecule has 0 saturated carbocycles. The molecule has 0 aromatic heterocycles. The third-order valence-corrected chi connectivity index (χ3v) is 4.67. The van der Waals surface area contributed by atoms with Crippen LogP contribution in [0.5, 0.6) is 0 Å². The highest BCUT2D eigenvalue weighted by molar-refractivity contribution is 9.10. The maximum absolute atomic E-state index is 3.53. The van der Waals surface area contributed by atoms with Gasteiger partial charge in [0.2, 0.25) is 0 Å². The van der Waals surface area contributed by atoms with E-state index in [9.17, 15) is 0 Å². The van der Waals surface area contributed by atoms with Crippen molar-refractivity contribution in [3.05, 3.63) is 34.3 Å². The SMILES string of the molecule is CCC1(C)CCNCC1c1ccc(Br)cc1. The number of halogens is 1. The maximum Gasteiger partial charge on any atom is 0.0175 e. The molecule has 0 aliphatic carbocycles. The summed E-state index contributed by atoms with van der Waals surface area (Å²) < 4.78 is 1.17. The van der Waals surface area contributed by atoms with E-state index >= 15 is 0 Å². The zero-order valence-electron chi connectivity index (χ0n) is 10.1. The summed E-state index contributed by atoms with van der Waals surface area (Å²) in [6, 6.07) is 8.82. The summed E-state index contributed by atoms with van der Waals surface area (Å²) in [4.78, 5) is 0. The largest absolute Gasteiger partial charge is 0.316 e. The van der Waals surface area contributed by atoms with E-state index in [-0.39, 0.29) is 0 Å². The van der Waals surface area contributed by atoms with Crippen LogP contribution in [-0.4, -0.2) is 13.1 Å². The Bertz CT molecular complexity index is 346. The van der Waals surface area contributed by atoms with Crippen LogP contribution in [0.3, 0.4) is 0 Å². The number of piperidine rings is 1. The second-order valence-electron chi connectivity index (χ2n) is 5.07. The van der Waals surface area contributed by atoms with E-state index in [2.05, 4.69) is 59.4 Å². The Labute approximate surface area is 107 Å². The van der Waals surface area contributed by atoms with E-state index in [1.54, 1.807) is 0 Å². The molecule has 1 saturated heterocycles. The fourth-order valence-electron chi connectivity index (χ4n) is 2.68. The third-order valence-electron chi connectivity index (χ3n) is 4.14. The Morgan fingerprint density at radius 3 is 2.69 bits per heavy atom. The van der Waals surface area contributed by atoms with Gasteiger partial charge in [-0.3, -0.25) is 0 Å². The van der Waals surface area contributed by atoms with Crippen molar-refractivity contribution in [2.75, 3.05) is 13.1 Å². The fourth-order valence-corrected chi connectivity index (χ4v) is 2.94. The zero-order chi connectivity index (χ0) is 11.6. The van der Waals surface area contributed by atoms with Crippen LogP contribution in [0.1, 0.15) is 38.2 Å². The molecule has 0 bridgehead atoms. The van der Waals surface area contributed by atoms with E-state index < -0.39 is 0 Å². The second-order valence-corrected chi connectivity index (χ2v) is 5.98. The van der Waals surface area contributed by atoms with Gasteiger partial charge in [-0.1, -0.05) is 48.3 Å². The van der Waals surface area contributed by atoms with Crippen LogP contribution in [0.15, 0.2) is 28.7 Å². The molecule has 1 nitrogen and oxygen atoms in total. The highest BCUT2D eigenvalue weighted by atomic mass is 79.9. The van der Waals surface area contributed by atoms with Crippen molar-refractivity contribution in [2.24, 2.45) is 5.41 Å². The number of hydrogen-bond donors (Lipinski definition) is 1. The van der Waals surface area contributed by atoms with Crippen LogP contribution in [-0.2, 0) is 0 Å². The molecular weight excluding hydrogens is 262 g/mol. The molecule has 1 N–H and O–H groups in total. The van der Waals surface area contributed by atoms with Crippen LogP contribution in [0.4, 0.5) is 0 Å². The Balaban J connectivity index is 2.26. The standard InChI is InChI=1S/C14H20BrN/c1-3-14(2)8-9-16-10-13(14)11-4-6-12(15)7-5-11/h4-7,13,16H,3,8-10H2,1-2H3. The fraction of sp³-hybridized carbons (Fsp3) is 0.571. The topological polar surface area (TPSA) is 12.0 Å².